The van der Waals surface area contributed by atoms with E-state index >= 15 is 0 Å². The first-order chi connectivity index (χ1) is 9.72. The molecule has 0 saturated carbocycles. The van der Waals surface area contributed by atoms with Crippen LogP contribution in [0.1, 0.15) is 24.1 Å². The summed E-state index contributed by atoms with van der Waals surface area (Å²) in [5, 5.41) is 13.4. The van der Waals surface area contributed by atoms with Crippen molar-refractivity contribution >= 4 is 11.8 Å². The number of benzene rings is 2. The minimum atomic E-state index is -0.274. The van der Waals surface area contributed by atoms with Gasteiger partial charge in [0.2, 0.25) is 0 Å². The van der Waals surface area contributed by atoms with E-state index in [1.165, 1.54) is 16.0 Å². The van der Waals surface area contributed by atoms with Crippen LogP contribution in [0.2, 0.25) is 0 Å². The first-order valence-corrected chi connectivity index (χ1v) is 7.86. The van der Waals surface area contributed by atoms with Gasteiger partial charge in [-0.2, -0.15) is 0 Å². The molecule has 20 heavy (non-hydrogen) atoms. The van der Waals surface area contributed by atoms with Gasteiger partial charge in [0.05, 0.1) is 12.6 Å². The first kappa shape index (κ1) is 13.7. The number of aliphatic hydroxyl groups is 1. The van der Waals surface area contributed by atoms with Gasteiger partial charge in [-0.1, -0.05) is 48.5 Å². The highest BCUT2D eigenvalue weighted by molar-refractivity contribution is 7.99. The third-order valence-electron chi connectivity index (χ3n) is 3.75. The Morgan fingerprint density at radius 2 is 1.85 bits per heavy atom. The smallest absolute Gasteiger partial charge is 0.0619 e. The minimum Gasteiger partial charge on any atom is -0.394 e. The van der Waals surface area contributed by atoms with Crippen molar-refractivity contribution in [3.8, 4) is 0 Å². The lowest BCUT2D eigenvalue weighted by molar-refractivity contribution is 0.185. The molecule has 0 amide bonds. The summed E-state index contributed by atoms with van der Waals surface area (Å²) in [7, 11) is 0. The maximum absolute atomic E-state index is 9.74. The summed E-state index contributed by atoms with van der Waals surface area (Å²) < 4.78 is 0. The fourth-order valence-corrected chi connectivity index (χ4v) is 3.73. The van der Waals surface area contributed by atoms with Crippen LogP contribution in [0.3, 0.4) is 0 Å². The van der Waals surface area contributed by atoms with Crippen LogP contribution >= 0.6 is 11.8 Å². The molecule has 0 unspecified atom stereocenters. The van der Waals surface area contributed by atoms with Crippen LogP contribution in [-0.4, -0.2) is 23.0 Å². The van der Waals surface area contributed by atoms with E-state index in [0.717, 1.165) is 5.75 Å². The summed E-state index contributed by atoms with van der Waals surface area (Å²) in [6, 6.07) is 19.1. The van der Waals surface area contributed by atoms with Crippen molar-refractivity contribution in [3.05, 3.63) is 65.7 Å². The first-order valence-electron chi connectivity index (χ1n) is 6.87. The SMILES string of the molecule is C[C@]1(CO)CSc2ccccc2[C@H](c2ccccc2)N1. The van der Waals surface area contributed by atoms with Gasteiger partial charge in [0.15, 0.2) is 0 Å². The summed E-state index contributed by atoms with van der Waals surface area (Å²) in [6.45, 7) is 2.22. The van der Waals surface area contributed by atoms with Crippen molar-refractivity contribution in [2.75, 3.05) is 12.4 Å². The molecule has 1 aliphatic heterocycles. The summed E-state index contributed by atoms with van der Waals surface area (Å²) in [5.41, 5.74) is 2.26. The van der Waals surface area contributed by atoms with E-state index in [0.29, 0.717) is 0 Å². The highest BCUT2D eigenvalue weighted by Crippen LogP contribution is 2.37. The highest BCUT2D eigenvalue weighted by Gasteiger charge is 2.32. The number of rotatable bonds is 2. The monoisotopic (exact) mass is 285 g/mol. The van der Waals surface area contributed by atoms with Gasteiger partial charge in [-0.15, -0.1) is 11.8 Å². The molecule has 0 fully saturated rings. The molecule has 3 heteroatoms. The Morgan fingerprint density at radius 3 is 2.60 bits per heavy atom. The zero-order valence-electron chi connectivity index (χ0n) is 11.5. The van der Waals surface area contributed by atoms with Crippen molar-refractivity contribution in [1.82, 2.24) is 5.32 Å². The maximum atomic E-state index is 9.74. The Morgan fingerprint density at radius 1 is 1.15 bits per heavy atom. The van der Waals surface area contributed by atoms with Gasteiger partial charge in [-0.25, -0.2) is 0 Å². The summed E-state index contributed by atoms with van der Waals surface area (Å²) in [5.74, 6) is 0.865. The van der Waals surface area contributed by atoms with Gasteiger partial charge in [0.25, 0.3) is 0 Å². The average molecular weight is 285 g/mol. The quantitative estimate of drug-likeness (QED) is 0.888. The van der Waals surface area contributed by atoms with E-state index in [-0.39, 0.29) is 18.2 Å². The number of fused-ring (bicyclic) bond motifs is 1. The van der Waals surface area contributed by atoms with E-state index in [4.69, 9.17) is 0 Å². The topological polar surface area (TPSA) is 32.3 Å². The molecule has 0 saturated heterocycles. The Labute approximate surface area is 124 Å². The van der Waals surface area contributed by atoms with Gasteiger partial charge in [-0.05, 0) is 24.1 Å². The molecule has 0 radical (unpaired) electrons. The number of hydrogen-bond acceptors (Lipinski definition) is 3. The third kappa shape index (κ3) is 2.62. The van der Waals surface area contributed by atoms with Crippen molar-refractivity contribution in [2.45, 2.75) is 23.4 Å². The molecule has 104 valence electrons. The standard InChI is InChI=1S/C17H19NOS/c1-17(11-19)12-20-15-10-6-5-9-14(15)16(18-17)13-7-3-2-4-8-13/h2-10,16,18-19H,11-12H2,1H3/t16-,17-/m0/s1. The van der Waals surface area contributed by atoms with Crippen molar-refractivity contribution in [3.63, 3.8) is 0 Å². The summed E-state index contributed by atoms with van der Waals surface area (Å²) in [4.78, 5) is 1.30. The Bertz CT molecular complexity index is 587. The van der Waals surface area contributed by atoms with E-state index in [2.05, 4.69) is 60.8 Å². The molecule has 2 aromatic rings. The van der Waals surface area contributed by atoms with E-state index in [1.807, 2.05) is 17.8 Å². The lowest BCUT2D eigenvalue weighted by Gasteiger charge is -2.31. The molecule has 0 aliphatic carbocycles. The molecule has 2 aromatic carbocycles. The number of aliphatic hydroxyl groups excluding tert-OH is 1. The van der Waals surface area contributed by atoms with Crippen LogP contribution in [-0.2, 0) is 0 Å². The van der Waals surface area contributed by atoms with Crippen molar-refractivity contribution < 1.29 is 5.11 Å². The number of hydrogen-bond donors (Lipinski definition) is 2. The summed E-state index contributed by atoms with van der Waals surface area (Å²) >= 11 is 1.82. The lowest BCUT2D eigenvalue weighted by Crippen LogP contribution is -2.48. The van der Waals surface area contributed by atoms with Gasteiger partial charge < -0.3 is 5.11 Å². The van der Waals surface area contributed by atoms with Gasteiger partial charge in [0, 0.05) is 16.2 Å². The third-order valence-corrected chi connectivity index (χ3v) is 5.22. The van der Waals surface area contributed by atoms with Crippen LogP contribution in [0, 0.1) is 0 Å². The van der Waals surface area contributed by atoms with Gasteiger partial charge in [-0.3, -0.25) is 5.32 Å². The zero-order valence-corrected chi connectivity index (χ0v) is 12.4. The fourth-order valence-electron chi connectivity index (χ4n) is 2.56. The van der Waals surface area contributed by atoms with E-state index in [1.54, 1.807) is 0 Å². The molecule has 0 bridgehead atoms. The zero-order chi connectivity index (χ0) is 14.0. The van der Waals surface area contributed by atoms with Crippen LogP contribution in [0.25, 0.3) is 0 Å². The fraction of sp³-hybridized carbons (Fsp3) is 0.294. The molecular weight excluding hydrogens is 266 g/mol. The largest absolute Gasteiger partial charge is 0.394 e. The highest BCUT2D eigenvalue weighted by atomic mass is 32.2. The second-order valence-electron chi connectivity index (χ2n) is 5.53. The predicted octanol–water partition coefficient (Wildman–Crippen LogP) is 3.22. The molecule has 0 spiro atoms. The van der Waals surface area contributed by atoms with Crippen LogP contribution in [0.15, 0.2) is 59.5 Å². The molecule has 1 aliphatic rings. The Balaban J connectivity index is 2.08. The second-order valence-corrected chi connectivity index (χ2v) is 6.55. The van der Waals surface area contributed by atoms with Crippen molar-refractivity contribution in [2.24, 2.45) is 0 Å². The van der Waals surface area contributed by atoms with E-state index in [9.17, 15) is 5.11 Å². The van der Waals surface area contributed by atoms with Gasteiger partial charge >= 0.3 is 0 Å². The molecule has 2 N–H and O–H groups in total. The van der Waals surface area contributed by atoms with Crippen LogP contribution < -0.4 is 5.32 Å². The molecule has 3 rings (SSSR count). The minimum absolute atomic E-state index is 0.125. The maximum Gasteiger partial charge on any atom is 0.0619 e. The average Bonchev–Trinajstić information content (AvgIpc) is 2.66. The molecule has 2 atom stereocenters. The molecule has 2 nitrogen and oxygen atoms in total. The van der Waals surface area contributed by atoms with Crippen molar-refractivity contribution in [1.29, 1.82) is 0 Å². The van der Waals surface area contributed by atoms with Crippen LogP contribution in [0.5, 0.6) is 0 Å². The van der Waals surface area contributed by atoms with Gasteiger partial charge in [0.1, 0.15) is 0 Å². The predicted molar refractivity (Wildman–Crippen MR) is 84.1 cm³/mol. The summed E-state index contributed by atoms with van der Waals surface area (Å²) in [6.07, 6.45) is 0. The Kier molecular flexibility index (Phi) is 3.83. The second kappa shape index (κ2) is 5.60. The van der Waals surface area contributed by atoms with E-state index < -0.39 is 0 Å². The molecule has 1 heterocycles. The normalized spacial score (nSPS) is 25.8. The Hall–Kier alpha value is -1.29. The van der Waals surface area contributed by atoms with Crippen LogP contribution in [0.4, 0.5) is 0 Å². The molecule has 0 aromatic heterocycles. The lowest BCUT2D eigenvalue weighted by atomic mass is 9.95. The number of thioether (sulfide) groups is 1. The number of nitrogens with one attached hydrogen (secondary N) is 1. The molecular formula is C17H19NOS.